The highest BCUT2D eigenvalue weighted by Crippen LogP contribution is 2.17. The number of hydrogen-bond donors (Lipinski definition) is 1. The van der Waals surface area contributed by atoms with E-state index in [0.29, 0.717) is 12.1 Å². The first-order chi connectivity index (χ1) is 9.11. The minimum atomic E-state index is -0.412. The summed E-state index contributed by atoms with van der Waals surface area (Å²) in [6, 6.07) is 7.64. The van der Waals surface area contributed by atoms with Crippen molar-refractivity contribution in [1.82, 2.24) is 9.88 Å². The maximum atomic E-state index is 13.6. The number of nitrogens with one attached hydrogen (secondary N) is 1. The Morgan fingerprint density at radius 1 is 1.26 bits per heavy atom. The lowest BCUT2D eigenvalue weighted by Crippen LogP contribution is -2.21. The summed E-state index contributed by atoms with van der Waals surface area (Å²) in [6.07, 6.45) is 1.88. The predicted molar refractivity (Wildman–Crippen MR) is 72.0 cm³/mol. The van der Waals surface area contributed by atoms with Gasteiger partial charge in [-0.15, -0.1) is 0 Å². The Balaban J connectivity index is 2.24. The van der Waals surface area contributed by atoms with Gasteiger partial charge in [0, 0.05) is 23.5 Å². The van der Waals surface area contributed by atoms with Crippen LogP contribution in [-0.2, 0) is 6.54 Å². The molecule has 0 bridgehead atoms. The van der Waals surface area contributed by atoms with Crippen LogP contribution in [0.1, 0.15) is 31.1 Å². The fourth-order valence-corrected chi connectivity index (χ4v) is 2.22. The molecule has 1 N–H and O–H groups in total. The van der Waals surface area contributed by atoms with Gasteiger partial charge in [-0.05, 0) is 43.8 Å². The molecule has 0 aliphatic heterocycles. The summed E-state index contributed by atoms with van der Waals surface area (Å²) in [4.78, 5) is 0. The standard InChI is InChI=1S/C15H18F2N2/c1-3-18-11(2)15-5-4-8-19(15)10-12-9-13(16)6-7-14(12)17/h4-9,11,18H,3,10H2,1-2H3. The number of rotatable bonds is 5. The first kappa shape index (κ1) is 13.7. The van der Waals surface area contributed by atoms with E-state index in [9.17, 15) is 8.78 Å². The molecule has 0 aliphatic carbocycles. The molecule has 2 aromatic rings. The van der Waals surface area contributed by atoms with Crippen molar-refractivity contribution in [3.63, 3.8) is 0 Å². The topological polar surface area (TPSA) is 17.0 Å². The fourth-order valence-electron chi connectivity index (χ4n) is 2.22. The van der Waals surface area contributed by atoms with Crippen LogP contribution >= 0.6 is 0 Å². The van der Waals surface area contributed by atoms with E-state index in [0.717, 1.165) is 18.3 Å². The molecule has 4 heteroatoms. The molecule has 0 saturated carbocycles. The molecule has 2 rings (SSSR count). The highest BCUT2D eigenvalue weighted by Gasteiger charge is 2.11. The van der Waals surface area contributed by atoms with E-state index in [-0.39, 0.29) is 11.9 Å². The summed E-state index contributed by atoms with van der Waals surface area (Å²) in [5.74, 6) is -0.790. The Hall–Kier alpha value is -1.68. The first-order valence-electron chi connectivity index (χ1n) is 6.44. The molecule has 0 spiro atoms. The zero-order chi connectivity index (χ0) is 13.8. The second kappa shape index (κ2) is 5.97. The van der Waals surface area contributed by atoms with Crippen LogP contribution < -0.4 is 5.32 Å². The van der Waals surface area contributed by atoms with Gasteiger partial charge in [-0.2, -0.15) is 0 Å². The van der Waals surface area contributed by atoms with Crippen molar-refractivity contribution >= 4 is 0 Å². The van der Waals surface area contributed by atoms with Crippen molar-refractivity contribution in [3.8, 4) is 0 Å². The smallest absolute Gasteiger partial charge is 0.128 e. The zero-order valence-corrected chi connectivity index (χ0v) is 11.2. The van der Waals surface area contributed by atoms with E-state index >= 15 is 0 Å². The highest BCUT2D eigenvalue weighted by atomic mass is 19.1. The van der Waals surface area contributed by atoms with E-state index in [1.807, 2.05) is 29.8 Å². The Morgan fingerprint density at radius 3 is 2.79 bits per heavy atom. The quantitative estimate of drug-likeness (QED) is 0.874. The fraction of sp³-hybridized carbons (Fsp3) is 0.333. The summed E-state index contributed by atoms with van der Waals surface area (Å²) >= 11 is 0. The average Bonchev–Trinajstić information content (AvgIpc) is 2.82. The lowest BCUT2D eigenvalue weighted by Gasteiger charge is -2.16. The summed E-state index contributed by atoms with van der Waals surface area (Å²) in [5.41, 5.74) is 1.42. The van der Waals surface area contributed by atoms with Crippen LogP contribution in [0.4, 0.5) is 8.78 Å². The summed E-state index contributed by atoms with van der Waals surface area (Å²) in [6.45, 7) is 5.29. The highest BCUT2D eigenvalue weighted by molar-refractivity contribution is 5.21. The van der Waals surface area contributed by atoms with Gasteiger partial charge in [0.1, 0.15) is 11.6 Å². The van der Waals surface area contributed by atoms with Crippen molar-refractivity contribution in [2.45, 2.75) is 26.4 Å². The molecule has 0 fully saturated rings. The molecule has 1 aromatic heterocycles. The molecule has 1 heterocycles. The van der Waals surface area contributed by atoms with E-state index in [2.05, 4.69) is 12.2 Å². The second-order valence-corrected chi connectivity index (χ2v) is 4.58. The maximum Gasteiger partial charge on any atom is 0.128 e. The van der Waals surface area contributed by atoms with Gasteiger partial charge in [-0.1, -0.05) is 6.92 Å². The molecule has 2 nitrogen and oxygen atoms in total. The minimum Gasteiger partial charge on any atom is -0.345 e. The molecular formula is C15H18F2N2. The summed E-state index contributed by atoms with van der Waals surface area (Å²) in [7, 11) is 0. The molecule has 0 radical (unpaired) electrons. The van der Waals surface area contributed by atoms with E-state index < -0.39 is 5.82 Å². The normalized spacial score (nSPS) is 12.6. The van der Waals surface area contributed by atoms with Crippen molar-refractivity contribution in [1.29, 1.82) is 0 Å². The monoisotopic (exact) mass is 264 g/mol. The molecule has 1 atom stereocenters. The number of aromatic nitrogens is 1. The molecular weight excluding hydrogens is 246 g/mol. The lowest BCUT2D eigenvalue weighted by molar-refractivity contribution is 0.539. The molecule has 1 unspecified atom stereocenters. The van der Waals surface area contributed by atoms with Gasteiger partial charge >= 0.3 is 0 Å². The lowest BCUT2D eigenvalue weighted by atomic mass is 10.2. The van der Waals surface area contributed by atoms with Crippen LogP contribution in [-0.4, -0.2) is 11.1 Å². The van der Waals surface area contributed by atoms with Crippen LogP contribution in [0.25, 0.3) is 0 Å². The van der Waals surface area contributed by atoms with Crippen molar-refractivity contribution in [3.05, 3.63) is 59.4 Å². The third kappa shape index (κ3) is 3.20. The van der Waals surface area contributed by atoms with Crippen LogP contribution in [0.15, 0.2) is 36.5 Å². The van der Waals surface area contributed by atoms with Crippen LogP contribution in [0.5, 0.6) is 0 Å². The third-order valence-corrected chi connectivity index (χ3v) is 3.17. The van der Waals surface area contributed by atoms with Gasteiger partial charge in [0.2, 0.25) is 0 Å². The number of benzene rings is 1. The molecule has 0 saturated heterocycles. The number of halogens is 2. The van der Waals surface area contributed by atoms with Crippen molar-refractivity contribution < 1.29 is 8.78 Å². The van der Waals surface area contributed by atoms with Crippen LogP contribution in [0.3, 0.4) is 0 Å². The van der Waals surface area contributed by atoms with Crippen molar-refractivity contribution in [2.24, 2.45) is 0 Å². The maximum absolute atomic E-state index is 13.6. The number of nitrogens with zero attached hydrogens (tertiary/aromatic N) is 1. The van der Waals surface area contributed by atoms with Gasteiger partial charge in [0.05, 0.1) is 6.54 Å². The SMILES string of the molecule is CCNC(C)c1cccn1Cc1cc(F)ccc1F. The average molecular weight is 264 g/mol. The molecule has 0 amide bonds. The zero-order valence-electron chi connectivity index (χ0n) is 11.2. The molecule has 102 valence electrons. The van der Waals surface area contributed by atoms with E-state index in [4.69, 9.17) is 0 Å². The summed E-state index contributed by atoms with van der Waals surface area (Å²) in [5, 5.41) is 3.31. The Morgan fingerprint density at radius 2 is 2.05 bits per heavy atom. The van der Waals surface area contributed by atoms with E-state index in [1.54, 1.807) is 0 Å². The first-order valence-corrected chi connectivity index (χ1v) is 6.44. The third-order valence-electron chi connectivity index (χ3n) is 3.17. The van der Waals surface area contributed by atoms with Gasteiger partial charge in [0.15, 0.2) is 0 Å². The van der Waals surface area contributed by atoms with Gasteiger partial charge in [0.25, 0.3) is 0 Å². The Kier molecular flexibility index (Phi) is 4.32. The largest absolute Gasteiger partial charge is 0.345 e. The number of hydrogen-bond acceptors (Lipinski definition) is 1. The van der Waals surface area contributed by atoms with Crippen LogP contribution in [0.2, 0.25) is 0 Å². The minimum absolute atomic E-state index is 0.177. The summed E-state index contributed by atoms with van der Waals surface area (Å²) < 4.78 is 28.7. The second-order valence-electron chi connectivity index (χ2n) is 4.58. The Labute approximate surface area is 112 Å². The van der Waals surface area contributed by atoms with Gasteiger partial charge < -0.3 is 9.88 Å². The van der Waals surface area contributed by atoms with Gasteiger partial charge in [-0.3, -0.25) is 0 Å². The molecule has 0 aliphatic rings. The predicted octanol–water partition coefficient (Wildman–Crippen LogP) is 3.49. The van der Waals surface area contributed by atoms with Gasteiger partial charge in [-0.25, -0.2) is 8.78 Å². The van der Waals surface area contributed by atoms with Crippen molar-refractivity contribution in [2.75, 3.05) is 6.54 Å². The van der Waals surface area contributed by atoms with E-state index in [1.165, 1.54) is 12.1 Å². The van der Waals surface area contributed by atoms with Crippen LogP contribution in [0, 0.1) is 11.6 Å². The Bertz CT molecular complexity index is 549. The molecule has 1 aromatic carbocycles. The molecule has 19 heavy (non-hydrogen) atoms.